The normalized spacial score (nSPS) is 20.6. The van der Waals surface area contributed by atoms with Gasteiger partial charge in [0.25, 0.3) is 0 Å². The molecule has 1 aromatic carbocycles. The van der Waals surface area contributed by atoms with Crippen LogP contribution in [-0.2, 0) is 4.74 Å². The van der Waals surface area contributed by atoms with E-state index in [4.69, 9.17) is 21.7 Å². The van der Waals surface area contributed by atoms with Gasteiger partial charge < -0.3 is 9.47 Å². The lowest BCUT2D eigenvalue weighted by Crippen LogP contribution is -2.19. The molecule has 1 aliphatic heterocycles. The first kappa shape index (κ1) is 9.80. The number of rotatable bonds is 3. The predicted molar refractivity (Wildman–Crippen MR) is 61.9 cm³/mol. The highest BCUT2D eigenvalue weighted by atomic mass is 32.2. The minimum atomic E-state index is 0.104. The molecule has 74 valence electrons. The van der Waals surface area contributed by atoms with Gasteiger partial charge in [-0.3, -0.25) is 0 Å². The first-order valence-electron chi connectivity index (χ1n) is 4.36. The molecule has 0 saturated carbocycles. The smallest absolute Gasteiger partial charge is 0.220 e. The molecule has 2 nitrogen and oxygen atoms in total. The maximum atomic E-state index is 5.54. The lowest BCUT2D eigenvalue weighted by atomic mass is 10.3. The molecule has 0 aromatic heterocycles. The summed E-state index contributed by atoms with van der Waals surface area (Å²) in [7, 11) is 0. The summed E-state index contributed by atoms with van der Waals surface area (Å²) in [6.45, 7) is 0.567. The molecule has 2 rings (SSSR count). The van der Waals surface area contributed by atoms with Crippen molar-refractivity contribution in [1.82, 2.24) is 0 Å². The quantitative estimate of drug-likeness (QED) is 0.737. The van der Waals surface area contributed by atoms with E-state index < -0.39 is 0 Å². The van der Waals surface area contributed by atoms with Crippen LogP contribution in [0.2, 0.25) is 0 Å². The maximum absolute atomic E-state index is 5.54. The Bertz CT molecular complexity index is 313. The monoisotopic (exact) mass is 226 g/mol. The number of hydrogen-bond donors (Lipinski definition) is 0. The first-order chi connectivity index (χ1) is 6.84. The zero-order valence-electron chi connectivity index (χ0n) is 7.51. The molecule has 0 amide bonds. The average molecular weight is 226 g/mol. The van der Waals surface area contributed by atoms with Gasteiger partial charge >= 0.3 is 0 Å². The van der Waals surface area contributed by atoms with Gasteiger partial charge in [0, 0.05) is 5.75 Å². The van der Waals surface area contributed by atoms with E-state index in [0.717, 1.165) is 11.5 Å². The summed E-state index contributed by atoms with van der Waals surface area (Å²) < 4.78 is 11.5. The van der Waals surface area contributed by atoms with Gasteiger partial charge in [-0.25, -0.2) is 0 Å². The second kappa shape index (κ2) is 4.66. The summed E-state index contributed by atoms with van der Waals surface area (Å²) >= 11 is 6.48. The van der Waals surface area contributed by atoms with Crippen LogP contribution >= 0.6 is 24.0 Å². The number of benzene rings is 1. The third-order valence-corrected chi connectivity index (χ3v) is 3.15. The fourth-order valence-corrected chi connectivity index (χ4v) is 2.18. The predicted octanol–water partition coefficient (Wildman–Crippen LogP) is 2.48. The molecular weight excluding hydrogens is 216 g/mol. The SMILES string of the molecule is S=C1O[C@@H](COc2ccccc2)CS1. The Hall–Kier alpha value is -0.740. The molecule has 1 heterocycles. The molecule has 0 unspecified atom stereocenters. The molecular formula is C10H10O2S2. The zero-order valence-corrected chi connectivity index (χ0v) is 9.14. The fourth-order valence-electron chi connectivity index (χ4n) is 1.15. The van der Waals surface area contributed by atoms with Crippen LogP contribution in [0.3, 0.4) is 0 Å². The molecule has 1 aromatic rings. The van der Waals surface area contributed by atoms with E-state index in [0.29, 0.717) is 11.0 Å². The van der Waals surface area contributed by atoms with Gasteiger partial charge in [0.1, 0.15) is 18.5 Å². The lowest BCUT2D eigenvalue weighted by Gasteiger charge is -2.10. The summed E-state index contributed by atoms with van der Waals surface area (Å²) in [6.07, 6.45) is 0.104. The molecule has 1 aliphatic rings. The Morgan fingerprint density at radius 1 is 1.43 bits per heavy atom. The van der Waals surface area contributed by atoms with Gasteiger partial charge in [-0.05, 0) is 24.4 Å². The van der Waals surface area contributed by atoms with Crippen LogP contribution in [-0.4, -0.2) is 22.8 Å². The van der Waals surface area contributed by atoms with Gasteiger partial charge in [-0.15, -0.1) is 0 Å². The van der Waals surface area contributed by atoms with Crippen molar-refractivity contribution >= 4 is 28.4 Å². The van der Waals surface area contributed by atoms with Crippen molar-refractivity contribution in [2.75, 3.05) is 12.4 Å². The standard InChI is InChI=1S/C10H10O2S2/c13-10-12-9(7-14-10)6-11-8-4-2-1-3-5-8/h1-5,9H,6-7H2/t9-/m0/s1. The molecule has 0 N–H and O–H groups in total. The number of thioether (sulfide) groups is 1. The molecule has 0 bridgehead atoms. The van der Waals surface area contributed by atoms with E-state index in [1.807, 2.05) is 30.3 Å². The molecule has 0 radical (unpaired) electrons. The van der Waals surface area contributed by atoms with Crippen molar-refractivity contribution in [3.63, 3.8) is 0 Å². The largest absolute Gasteiger partial charge is 0.490 e. The van der Waals surface area contributed by atoms with Crippen LogP contribution in [0.25, 0.3) is 0 Å². The lowest BCUT2D eigenvalue weighted by molar-refractivity contribution is 0.151. The van der Waals surface area contributed by atoms with Crippen LogP contribution < -0.4 is 4.74 Å². The van der Waals surface area contributed by atoms with Crippen LogP contribution in [0, 0.1) is 0 Å². The maximum Gasteiger partial charge on any atom is 0.220 e. The summed E-state index contributed by atoms with van der Waals surface area (Å²) in [6, 6.07) is 9.72. The third-order valence-electron chi connectivity index (χ3n) is 1.83. The van der Waals surface area contributed by atoms with E-state index in [1.54, 1.807) is 11.8 Å². The number of thiocarbonyl (C=S) groups is 1. The van der Waals surface area contributed by atoms with E-state index in [1.165, 1.54) is 0 Å². The van der Waals surface area contributed by atoms with E-state index in [-0.39, 0.29) is 6.10 Å². The molecule has 1 fully saturated rings. The molecule has 0 spiro atoms. The number of para-hydroxylation sites is 1. The van der Waals surface area contributed by atoms with Crippen molar-refractivity contribution in [3.8, 4) is 5.75 Å². The second-order valence-corrected chi connectivity index (χ2v) is 4.55. The number of hydrogen-bond acceptors (Lipinski definition) is 4. The second-order valence-electron chi connectivity index (χ2n) is 2.92. The topological polar surface area (TPSA) is 18.5 Å². The minimum absolute atomic E-state index is 0.104. The summed E-state index contributed by atoms with van der Waals surface area (Å²) in [5, 5.41) is 0. The first-order valence-corrected chi connectivity index (χ1v) is 5.75. The minimum Gasteiger partial charge on any atom is -0.490 e. The Labute approximate surface area is 92.6 Å². The molecule has 14 heavy (non-hydrogen) atoms. The van der Waals surface area contributed by atoms with Gasteiger partial charge in [0.15, 0.2) is 0 Å². The Balaban J connectivity index is 1.80. The summed E-state index contributed by atoms with van der Waals surface area (Å²) in [4.78, 5) is 0. The Morgan fingerprint density at radius 3 is 2.86 bits per heavy atom. The average Bonchev–Trinajstić information content (AvgIpc) is 2.63. The van der Waals surface area contributed by atoms with Crippen LogP contribution in [0.5, 0.6) is 5.75 Å². The van der Waals surface area contributed by atoms with Crippen molar-refractivity contribution in [2.45, 2.75) is 6.10 Å². The van der Waals surface area contributed by atoms with Gasteiger partial charge in [-0.2, -0.15) is 0 Å². The van der Waals surface area contributed by atoms with Crippen molar-refractivity contribution in [1.29, 1.82) is 0 Å². The van der Waals surface area contributed by atoms with Crippen molar-refractivity contribution < 1.29 is 9.47 Å². The zero-order chi connectivity index (χ0) is 9.80. The summed E-state index contributed by atoms with van der Waals surface area (Å²) in [5.74, 6) is 1.77. The highest BCUT2D eigenvalue weighted by Crippen LogP contribution is 2.20. The molecule has 0 aliphatic carbocycles. The van der Waals surface area contributed by atoms with E-state index in [9.17, 15) is 0 Å². The number of ether oxygens (including phenoxy) is 2. The highest BCUT2D eigenvalue weighted by Gasteiger charge is 2.21. The summed E-state index contributed by atoms with van der Waals surface area (Å²) in [5.41, 5.74) is 0. The third kappa shape index (κ3) is 2.62. The van der Waals surface area contributed by atoms with Gasteiger partial charge in [-0.1, -0.05) is 30.0 Å². The molecule has 4 heteroatoms. The van der Waals surface area contributed by atoms with Crippen molar-refractivity contribution in [2.24, 2.45) is 0 Å². The van der Waals surface area contributed by atoms with Crippen LogP contribution in [0.4, 0.5) is 0 Å². The van der Waals surface area contributed by atoms with Crippen LogP contribution in [0.15, 0.2) is 30.3 Å². The fraction of sp³-hybridized carbons (Fsp3) is 0.300. The Morgan fingerprint density at radius 2 is 2.21 bits per heavy atom. The van der Waals surface area contributed by atoms with Gasteiger partial charge in [0.05, 0.1) is 0 Å². The molecule has 1 saturated heterocycles. The highest BCUT2D eigenvalue weighted by molar-refractivity contribution is 8.22. The van der Waals surface area contributed by atoms with Crippen LogP contribution in [0.1, 0.15) is 0 Å². The van der Waals surface area contributed by atoms with Crippen molar-refractivity contribution in [3.05, 3.63) is 30.3 Å². The van der Waals surface area contributed by atoms with Gasteiger partial charge in [0.2, 0.25) is 4.38 Å². The Kier molecular flexibility index (Phi) is 3.26. The molecule has 1 atom stereocenters. The van der Waals surface area contributed by atoms with E-state index in [2.05, 4.69) is 0 Å². The van der Waals surface area contributed by atoms with E-state index >= 15 is 0 Å².